The highest BCUT2D eigenvalue weighted by Gasteiger charge is 2.38. The van der Waals surface area contributed by atoms with Crippen molar-refractivity contribution in [3.05, 3.63) is 0 Å². The third-order valence-electron chi connectivity index (χ3n) is 2.80. The van der Waals surface area contributed by atoms with Gasteiger partial charge in [0.2, 0.25) is 0 Å². The second-order valence-corrected chi connectivity index (χ2v) is 3.55. The molecule has 1 saturated heterocycles. The van der Waals surface area contributed by atoms with E-state index in [1.165, 1.54) is 0 Å². The second kappa shape index (κ2) is 4.34. The minimum absolute atomic E-state index is 0.0726. The molecular weight excluding hydrogens is 174 g/mol. The Balaban J connectivity index is 2.69. The first-order valence-corrected chi connectivity index (χ1v) is 4.41. The molecule has 78 valence electrons. The fourth-order valence-electron chi connectivity index (χ4n) is 1.79. The number of rotatable bonds is 2. The van der Waals surface area contributed by atoms with E-state index in [9.17, 15) is 10.2 Å². The van der Waals surface area contributed by atoms with Crippen LogP contribution in [-0.2, 0) is 0 Å². The van der Waals surface area contributed by atoms with Crippen molar-refractivity contribution in [2.24, 2.45) is 0 Å². The summed E-state index contributed by atoms with van der Waals surface area (Å²) in [5, 5.41) is 36.8. The minimum Gasteiger partial charge on any atom is -0.395 e. The lowest BCUT2D eigenvalue weighted by molar-refractivity contribution is -0.110. The predicted octanol–water partition coefficient (Wildman–Crippen LogP) is -2.23. The maximum absolute atomic E-state index is 9.49. The van der Waals surface area contributed by atoms with Gasteiger partial charge in [-0.15, -0.1) is 0 Å². The largest absolute Gasteiger partial charge is 0.395 e. The van der Waals surface area contributed by atoms with E-state index in [1.54, 1.807) is 11.9 Å². The van der Waals surface area contributed by atoms with Gasteiger partial charge in [0.1, 0.15) is 0 Å². The summed E-state index contributed by atoms with van der Waals surface area (Å²) in [6.07, 6.45) is -1.45. The molecular formula is C8H17NO4. The van der Waals surface area contributed by atoms with E-state index < -0.39 is 18.2 Å². The molecule has 0 spiro atoms. The zero-order chi connectivity index (χ0) is 10.0. The molecule has 5 nitrogen and oxygen atoms in total. The number of hydrogen-bond acceptors (Lipinski definition) is 5. The highest BCUT2D eigenvalue weighted by atomic mass is 16.3. The highest BCUT2D eigenvalue weighted by Crippen LogP contribution is 2.21. The summed E-state index contributed by atoms with van der Waals surface area (Å²) in [5.41, 5.74) is 0. The van der Waals surface area contributed by atoms with E-state index >= 15 is 0 Å². The van der Waals surface area contributed by atoms with E-state index in [2.05, 4.69) is 0 Å². The molecule has 0 aromatic heterocycles. The number of piperidine rings is 1. The number of aliphatic hydroxyl groups excluding tert-OH is 4. The van der Waals surface area contributed by atoms with Crippen molar-refractivity contribution in [3.8, 4) is 0 Å². The molecule has 0 aliphatic carbocycles. The molecule has 0 saturated carbocycles. The van der Waals surface area contributed by atoms with Crippen LogP contribution >= 0.6 is 0 Å². The van der Waals surface area contributed by atoms with E-state index in [0.29, 0.717) is 6.42 Å². The van der Waals surface area contributed by atoms with E-state index in [0.717, 1.165) is 0 Å². The van der Waals surface area contributed by atoms with Crippen molar-refractivity contribution >= 4 is 0 Å². The lowest BCUT2D eigenvalue weighted by Crippen LogP contribution is -2.59. The van der Waals surface area contributed by atoms with Crippen LogP contribution in [0.2, 0.25) is 0 Å². The minimum atomic E-state index is -0.933. The monoisotopic (exact) mass is 191 g/mol. The van der Waals surface area contributed by atoms with Crippen LogP contribution < -0.4 is 0 Å². The molecule has 1 heterocycles. The van der Waals surface area contributed by atoms with Crippen molar-refractivity contribution in [2.45, 2.75) is 30.7 Å². The lowest BCUT2D eigenvalue weighted by Gasteiger charge is -2.43. The third kappa shape index (κ3) is 2.00. The van der Waals surface area contributed by atoms with Crippen LogP contribution in [-0.4, -0.2) is 69.9 Å². The molecule has 0 aromatic rings. The summed E-state index contributed by atoms with van der Waals surface area (Å²) >= 11 is 0. The van der Waals surface area contributed by atoms with Gasteiger partial charge in [-0.1, -0.05) is 0 Å². The lowest BCUT2D eigenvalue weighted by atomic mass is 9.92. The van der Waals surface area contributed by atoms with Crippen LogP contribution in [0.4, 0.5) is 0 Å². The van der Waals surface area contributed by atoms with Gasteiger partial charge in [-0.25, -0.2) is 0 Å². The number of likely N-dealkylation sites (tertiary alicyclic amines) is 1. The molecule has 1 rings (SSSR count). The normalized spacial score (nSPS) is 42.2. The molecule has 0 bridgehead atoms. The molecule has 4 N–H and O–H groups in total. The van der Waals surface area contributed by atoms with Crippen molar-refractivity contribution in [2.75, 3.05) is 20.3 Å². The van der Waals surface area contributed by atoms with Gasteiger partial charge in [0.15, 0.2) is 0 Å². The van der Waals surface area contributed by atoms with Gasteiger partial charge < -0.3 is 20.4 Å². The van der Waals surface area contributed by atoms with Gasteiger partial charge in [0.25, 0.3) is 0 Å². The van der Waals surface area contributed by atoms with Crippen LogP contribution in [0, 0.1) is 0 Å². The number of likely N-dealkylation sites (N-methyl/N-ethyl adjacent to an activating group) is 1. The highest BCUT2D eigenvalue weighted by molar-refractivity contribution is 4.92. The maximum atomic E-state index is 9.49. The Hall–Kier alpha value is -0.200. The molecule has 0 amide bonds. The zero-order valence-electron chi connectivity index (χ0n) is 7.67. The molecule has 0 unspecified atom stereocenters. The fraction of sp³-hybridized carbons (Fsp3) is 1.00. The molecule has 0 radical (unpaired) electrons. The molecule has 13 heavy (non-hydrogen) atoms. The second-order valence-electron chi connectivity index (χ2n) is 3.55. The number of nitrogens with zero attached hydrogens (tertiary/aromatic N) is 1. The quantitative estimate of drug-likeness (QED) is 0.397. The topological polar surface area (TPSA) is 84.2 Å². The molecule has 1 aliphatic rings. The van der Waals surface area contributed by atoms with E-state index in [4.69, 9.17) is 10.2 Å². The van der Waals surface area contributed by atoms with Gasteiger partial charge in [-0.05, 0) is 13.5 Å². The predicted molar refractivity (Wildman–Crippen MR) is 46.1 cm³/mol. The average Bonchev–Trinajstić information content (AvgIpc) is 2.12. The summed E-state index contributed by atoms with van der Waals surface area (Å²) in [6.45, 7) is -0.290. The third-order valence-corrected chi connectivity index (χ3v) is 2.80. The molecule has 5 heteroatoms. The summed E-state index contributed by atoms with van der Waals surface area (Å²) in [5.74, 6) is 0. The van der Waals surface area contributed by atoms with Gasteiger partial charge in [-0.2, -0.15) is 0 Å². The first-order valence-electron chi connectivity index (χ1n) is 4.41. The summed E-state index contributed by atoms with van der Waals surface area (Å²) < 4.78 is 0. The van der Waals surface area contributed by atoms with Gasteiger partial charge in [-0.3, -0.25) is 4.90 Å². The first-order chi connectivity index (χ1) is 6.11. The van der Waals surface area contributed by atoms with Crippen molar-refractivity contribution in [1.82, 2.24) is 4.90 Å². The van der Waals surface area contributed by atoms with E-state index in [-0.39, 0.29) is 19.3 Å². The molecule has 1 aliphatic heterocycles. The average molecular weight is 191 g/mol. The fourth-order valence-corrected chi connectivity index (χ4v) is 1.79. The van der Waals surface area contributed by atoms with Crippen LogP contribution in [0.5, 0.6) is 0 Å². The van der Waals surface area contributed by atoms with Gasteiger partial charge in [0.05, 0.1) is 31.5 Å². The van der Waals surface area contributed by atoms with Gasteiger partial charge in [0, 0.05) is 6.04 Å². The summed E-state index contributed by atoms with van der Waals surface area (Å²) in [6, 6.07) is -0.670. The Morgan fingerprint density at radius 3 is 2.31 bits per heavy atom. The van der Waals surface area contributed by atoms with Crippen molar-refractivity contribution in [3.63, 3.8) is 0 Å². The Morgan fingerprint density at radius 1 is 1.23 bits per heavy atom. The Bertz CT molecular complexity index is 166. The Kier molecular flexibility index (Phi) is 3.63. The molecule has 1 fully saturated rings. The summed E-state index contributed by atoms with van der Waals surface area (Å²) in [7, 11) is 1.72. The van der Waals surface area contributed by atoms with Crippen LogP contribution in [0.15, 0.2) is 0 Å². The van der Waals surface area contributed by atoms with Crippen molar-refractivity contribution < 1.29 is 20.4 Å². The smallest absolute Gasteiger partial charge is 0.0976 e. The van der Waals surface area contributed by atoms with Crippen LogP contribution in [0.1, 0.15) is 6.42 Å². The Labute approximate surface area is 77.2 Å². The van der Waals surface area contributed by atoms with E-state index in [1.807, 2.05) is 0 Å². The van der Waals surface area contributed by atoms with Crippen LogP contribution in [0.3, 0.4) is 0 Å². The number of hydrogen-bond donors (Lipinski definition) is 4. The molecule has 4 atom stereocenters. The maximum Gasteiger partial charge on any atom is 0.0976 e. The zero-order valence-corrected chi connectivity index (χ0v) is 7.67. The standard InChI is InChI=1S/C8H17NO4/c1-9-5(3-10)2-7(12)8(13)6(9)4-11/h5-8,10-13H,2-4H2,1H3/t5-,6+,7+,8-/m0/s1. The summed E-state index contributed by atoms with van der Waals surface area (Å²) in [4.78, 5) is 1.71. The van der Waals surface area contributed by atoms with Crippen molar-refractivity contribution in [1.29, 1.82) is 0 Å². The Morgan fingerprint density at radius 2 is 1.85 bits per heavy atom. The van der Waals surface area contributed by atoms with Gasteiger partial charge >= 0.3 is 0 Å². The SMILES string of the molecule is CN1[C@H](CO)C[C@@H](O)[C@@H](O)[C@H]1CO. The molecule has 0 aromatic carbocycles. The number of aliphatic hydroxyl groups is 4. The first kappa shape index (κ1) is 10.9. The van der Waals surface area contributed by atoms with Crippen LogP contribution in [0.25, 0.3) is 0 Å².